The van der Waals surface area contributed by atoms with Crippen LogP contribution in [-0.2, 0) is 4.74 Å². The molecular weight excluding hydrogens is 186 g/mol. The smallest absolute Gasteiger partial charge is 0.0506 e. The van der Waals surface area contributed by atoms with Gasteiger partial charge in [0.05, 0.1) is 6.61 Å². The topological polar surface area (TPSA) is 12.5 Å². The molecule has 2 heteroatoms. The lowest BCUT2D eigenvalue weighted by Gasteiger charge is -2.29. The largest absolute Gasteiger partial charge is 0.381 e. The average molecular weight is 213 g/mol. The first-order valence-electron chi connectivity index (χ1n) is 6.55. The minimum Gasteiger partial charge on any atom is -0.381 e. The minimum atomic E-state index is 0.674. The molecule has 0 aromatic rings. The maximum atomic E-state index is 5.64. The molecule has 0 N–H and O–H groups in total. The van der Waals surface area contributed by atoms with Crippen molar-refractivity contribution >= 4 is 0 Å². The van der Waals surface area contributed by atoms with Gasteiger partial charge in [0, 0.05) is 19.2 Å². The molecule has 0 aromatic heterocycles. The van der Waals surface area contributed by atoms with Crippen LogP contribution in [0.1, 0.15) is 46.5 Å². The molecule has 0 saturated carbocycles. The lowest BCUT2D eigenvalue weighted by atomic mass is 10.0. The molecule has 2 nitrogen and oxygen atoms in total. The molecule has 1 saturated heterocycles. The fourth-order valence-electron chi connectivity index (χ4n) is 2.29. The first kappa shape index (κ1) is 13.0. The minimum absolute atomic E-state index is 0.674. The maximum Gasteiger partial charge on any atom is 0.0506 e. The first-order chi connectivity index (χ1) is 7.24. The van der Waals surface area contributed by atoms with Crippen molar-refractivity contribution in [2.24, 2.45) is 5.92 Å². The van der Waals surface area contributed by atoms with Crippen molar-refractivity contribution in [3.05, 3.63) is 0 Å². The second-order valence-electron chi connectivity index (χ2n) is 5.03. The van der Waals surface area contributed by atoms with Crippen LogP contribution in [0.3, 0.4) is 0 Å². The Balaban J connectivity index is 2.34. The van der Waals surface area contributed by atoms with Gasteiger partial charge in [-0.15, -0.1) is 0 Å². The summed E-state index contributed by atoms with van der Waals surface area (Å²) in [6.45, 7) is 11.3. The van der Waals surface area contributed by atoms with E-state index < -0.39 is 0 Å². The molecule has 0 radical (unpaired) electrons. The molecule has 1 aliphatic heterocycles. The van der Waals surface area contributed by atoms with Crippen molar-refractivity contribution in [2.75, 3.05) is 26.3 Å². The molecular formula is C13H27NO. The van der Waals surface area contributed by atoms with Crippen LogP contribution in [0, 0.1) is 5.92 Å². The van der Waals surface area contributed by atoms with Crippen molar-refractivity contribution in [3.63, 3.8) is 0 Å². The SMILES string of the molecule is CCCN(CC1CCCCOC1)C(C)C. The van der Waals surface area contributed by atoms with E-state index in [1.165, 1.54) is 38.8 Å². The van der Waals surface area contributed by atoms with E-state index in [1.54, 1.807) is 0 Å². The van der Waals surface area contributed by atoms with E-state index in [4.69, 9.17) is 4.74 Å². The van der Waals surface area contributed by atoms with Crippen molar-refractivity contribution in [2.45, 2.75) is 52.5 Å². The van der Waals surface area contributed by atoms with Gasteiger partial charge in [0.2, 0.25) is 0 Å². The van der Waals surface area contributed by atoms with Gasteiger partial charge < -0.3 is 9.64 Å². The third-order valence-electron chi connectivity index (χ3n) is 3.24. The summed E-state index contributed by atoms with van der Waals surface area (Å²) in [4.78, 5) is 2.60. The fraction of sp³-hybridized carbons (Fsp3) is 1.00. The number of ether oxygens (including phenoxy) is 1. The molecule has 0 spiro atoms. The number of hydrogen-bond donors (Lipinski definition) is 0. The van der Waals surface area contributed by atoms with E-state index >= 15 is 0 Å². The maximum absolute atomic E-state index is 5.64. The molecule has 1 unspecified atom stereocenters. The van der Waals surface area contributed by atoms with Gasteiger partial charge in [0.15, 0.2) is 0 Å². The molecule has 0 bridgehead atoms. The monoisotopic (exact) mass is 213 g/mol. The predicted molar refractivity (Wildman–Crippen MR) is 65.2 cm³/mol. The summed E-state index contributed by atoms with van der Waals surface area (Å²) >= 11 is 0. The number of hydrogen-bond acceptors (Lipinski definition) is 2. The zero-order chi connectivity index (χ0) is 11.1. The van der Waals surface area contributed by atoms with Crippen molar-refractivity contribution in [1.29, 1.82) is 0 Å². The van der Waals surface area contributed by atoms with Gasteiger partial charge in [-0.25, -0.2) is 0 Å². The van der Waals surface area contributed by atoms with Gasteiger partial charge in [-0.05, 0) is 45.6 Å². The van der Waals surface area contributed by atoms with E-state index in [-0.39, 0.29) is 0 Å². The Morgan fingerprint density at radius 1 is 1.33 bits per heavy atom. The van der Waals surface area contributed by atoms with Gasteiger partial charge in [-0.2, -0.15) is 0 Å². The van der Waals surface area contributed by atoms with Crippen LogP contribution in [-0.4, -0.2) is 37.2 Å². The molecule has 1 atom stereocenters. The Hall–Kier alpha value is -0.0800. The third-order valence-corrected chi connectivity index (χ3v) is 3.24. The summed E-state index contributed by atoms with van der Waals surface area (Å²) in [5, 5.41) is 0. The Morgan fingerprint density at radius 2 is 2.13 bits per heavy atom. The Bertz CT molecular complexity index is 151. The highest BCUT2D eigenvalue weighted by Crippen LogP contribution is 2.16. The lowest BCUT2D eigenvalue weighted by molar-refractivity contribution is 0.0888. The second-order valence-corrected chi connectivity index (χ2v) is 5.03. The summed E-state index contributed by atoms with van der Waals surface area (Å²) in [7, 11) is 0. The van der Waals surface area contributed by atoms with Gasteiger partial charge in [0.25, 0.3) is 0 Å². The standard InChI is InChI=1S/C13H27NO/c1-4-8-14(12(2)3)10-13-7-5-6-9-15-11-13/h12-13H,4-11H2,1-3H3. The van der Waals surface area contributed by atoms with Crippen molar-refractivity contribution < 1.29 is 4.74 Å². The lowest BCUT2D eigenvalue weighted by Crippen LogP contribution is -2.37. The van der Waals surface area contributed by atoms with E-state index in [9.17, 15) is 0 Å². The summed E-state index contributed by atoms with van der Waals surface area (Å²) < 4.78 is 5.64. The molecule has 0 aliphatic carbocycles. The van der Waals surface area contributed by atoms with Gasteiger partial charge in [-0.3, -0.25) is 0 Å². The van der Waals surface area contributed by atoms with Crippen LogP contribution in [0.15, 0.2) is 0 Å². The van der Waals surface area contributed by atoms with E-state index in [0.717, 1.165) is 19.1 Å². The fourth-order valence-corrected chi connectivity index (χ4v) is 2.29. The number of nitrogens with zero attached hydrogens (tertiary/aromatic N) is 1. The van der Waals surface area contributed by atoms with E-state index in [0.29, 0.717) is 6.04 Å². The highest BCUT2D eigenvalue weighted by atomic mass is 16.5. The second kappa shape index (κ2) is 7.24. The van der Waals surface area contributed by atoms with Gasteiger partial charge in [-0.1, -0.05) is 13.3 Å². The summed E-state index contributed by atoms with van der Waals surface area (Å²) in [5.41, 5.74) is 0. The highest BCUT2D eigenvalue weighted by molar-refractivity contribution is 4.70. The van der Waals surface area contributed by atoms with Gasteiger partial charge >= 0.3 is 0 Å². The molecule has 1 rings (SSSR count). The zero-order valence-electron chi connectivity index (χ0n) is 10.7. The van der Waals surface area contributed by atoms with Crippen LogP contribution in [0.5, 0.6) is 0 Å². The Kier molecular flexibility index (Phi) is 6.26. The summed E-state index contributed by atoms with van der Waals surface area (Å²) in [6, 6.07) is 0.674. The van der Waals surface area contributed by atoms with Crippen LogP contribution in [0.25, 0.3) is 0 Å². The Morgan fingerprint density at radius 3 is 2.80 bits per heavy atom. The van der Waals surface area contributed by atoms with Crippen LogP contribution in [0.4, 0.5) is 0 Å². The molecule has 1 fully saturated rings. The van der Waals surface area contributed by atoms with Crippen molar-refractivity contribution in [3.8, 4) is 0 Å². The van der Waals surface area contributed by atoms with E-state index in [1.807, 2.05) is 0 Å². The quantitative estimate of drug-likeness (QED) is 0.696. The normalized spacial score (nSPS) is 23.4. The Labute approximate surface area is 95.0 Å². The first-order valence-corrected chi connectivity index (χ1v) is 6.55. The highest BCUT2D eigenvalue weighted by Gasteiger charge is 2.17. The molecule has 15 heavy (non-hydrogen) atoms. The molecule has 0 aromatic carbocycles. The molecule has 0 amide bonds. The van der Waals surface area contributed by atoms with Crippen LogP contribution >= 0.6 is 0 Å². The summed E-state index contributed by atoms with van der Waals surface area (Å²) in [6.07, 6.45) is 5.22. The number of rotatable bonds is 5. The summed E-state index contributed by atoms with van der Waals surface area (Å²) in [5.74, 6) is 0.765. The van der Waals surface area contributed by atoms with Gasteiger partial charge in [0.1, 0.15) is 0 Å². The third kappa shape index (κ3) is 4.98. The molecule has 1 aliphatic rings. The molecule has 1 heterocycles. The average Bonchev–Trinajstić information content (AvgIpc) is 2.45. The predicted octanol–water partition coefficient (Wildman–Crippen LogP) is 2.92. The van der Waals surface area contributed by atoms with Crippen molar-refractivity contribution in [1.82, 2.24) is 4.90 Å². The van der Waals surface area contributed by atoms with E-state index in [2.05, 4.69) is 25.7 Å². The van der Waals surface area contributed by atoms with Crippen LogP contribution < -0.4 is 0 Å². The molecule has 90 valence electrons. The van der Waals surface area contributed by atoms with Crippen LogP contribution in [0.2, 0.25) is 0 Å². The zero-order valence-corrected chi connectivity index (χ0v) is 10.7.